The summed E-state index contributed by atoms with van der Waals surface area (Å²) in [6.07, 6.45) is 0.429. The maximum absolute atomic E-state index is 12.1. The van der Waals surface area contributed by atoms with Crippen molar-refractivity contribution >= 4 is 17.3 Å². The average molecular weight is 288 g/mol. The Morgan fingerprint density at radius 1 is 1.38 bits per heavy atom. The van der Waals surface area contributed by atoms with Gasteiger partial charge in [0.15, 0.2) is 0 Å². The molecule has 0 aliphatic carbocycles. The van der Waals surface area contributed by atoms with Gasteiger partial charge in [0.25, 0.3) is 5.91 Å². The zero-order chi connectivity index (χ0) is 16.0. The highest BCUT2D eigenvalue weighted by molar-refractivity contribution is 5.96. The van der Waals surface area contributed by atoms with Gasteiger partial charge in [0, 0.05) is 32.7 Å². The predicted octanol–water partition coefficient (Wildman–Crippen LogP) is 2.35. The molecule has 5 nitrogen and oxygen atoms in total. The minimum absolute atomic E-state index is 0.0546. The quantitative estimate of drug-likeness (QED) is 0.815. The maximum atomic E-state index is 12.1. The lowest BCUT2D eigenvalue weighted by atomic mass is 10.1. The minimum Gasteiger partial charge on any atom is -0.397 e. The van der Waals surface area contributed by atoms with Crippen LogP contribution in [0.25, 0.3) is 0 Å². The SMILES string of the molecule is CC(C)CN(CCC#N)c1cc(C(=O)N(C)C)ccc1N. The molecule has 1 aromatic rings. The van der Waals surface area contributed by atoms with Gasteiger partial charge in [-0.2, -0.15) is 5.26 Å². The first-order valence-corrected chi connectivity index (χ1v) is 7.10. The highest BCUT2D eigenvalue weighted by Gasteiger charge is 2.15. The Kier molecular flexibility index (Phi) is 6.04. The summed E-state index contributed by atoms with van der Waals surface area (Å²) in [6, 6.07) is 7.47. The van der Waals surface area contributed by atoms with Crippen molar-refractivity contribution in [3.63, 3.8) is 0 Å². The zero-order valence-corrected chi connectivity index (χ0v) is 13.3. The molecule has 0 fully saturated rings. The van der Waals surface area contributed by atoms with Crippen LogP contribution in [0, 0.1) is 17.2 Å². The van der Waals surface area contributed by atoms with Crippen molar-refractivity contribution in [2.75, 3.05) is 37.8 Å². The van der Waals surface area contributed by atoms with Crippen molar-refractivity contribution < 1.29 is 4.79 Å². The van der Waals surface area contributed by atoms with E-state index in [1.54, 1.807) is 26.2 Å². The number of amides is 1. The first-order valence-electron chi connectivity index (χ1n) is 7.10. The maximum Gasteiger partial charge on any atom is 0.253 e. The first-order chi connectivity index (χ1) is 9.86. The zero-order valence-electron chi connectivity index (χ0n) is 13.3. The number of carbonyl (C=O) groups excluding carboxylic acids is 1. The third-order valence-corrected chi connectivity index (χ3v) is 3.10. The molecule has 114 valence electrons. The lowest BCUT2D eigenvalue weighted by molar-refractivity contribution is 0.0827. The number of hydrogen-bond acceptors (Lipinski definition) is 4. The van der Waals surface area contributed by atoms with E-state index in [-0.39, 0.29) is 5.91 Å². The number of carbonyl (C=O) groups is 1. The number of nitriles is 1. The fourth-order valence-corrected chi connectivity index (χ4v) is 2.14. The van der Waals surface area contributed by atoms with E-state index in [9.17, 15) is 4.79 Å². The minimum atomic E-state index is -0.0546. The molecular weight excluding hydrogens is 264 g/mol. The number of rotatable bonds is 6. The van der Waals surface area contributed by atoms with Crippen molar-refractivity contribution in [3.05, 3.63) is 23.8 Å². The first kappa shape index (κ1) is 16.8. The van der Waals surface area contributed by atoms with Crippen LogP contribution in [0.3, 0.4) is 0 Å². The molecule has 1 amide bonds. The molecule has 1 aromatic carbocycles. The van der Waals surface area contributed by atoms with Crippen molar-refractivity contribution in [2.45, 2.75) is 20.3 Å². The van der Waals surface area contributed by atoms with Gasteiger partial charge < -0.3 is 15.5 Å². The summed E-state index contributed by atoms with van der Waals surface area (Å²) < 4.78 is 0. The van der Waals surface area contributed by atoms with E-state index >= 15 is 0 Å². The summed E-state index contributed by atoms with van der Waals surface area (Å²) in [5, 5.41) is 8.81. The summed E-state index contributed by atoms with van der Waals surface area (Å²) in [5.41, 5.74) is 8.13. The highest BCUT2D eigenvalue weighted by Crippen LogP contribution is 2.26. The van der Waals surface area contributed by atoms with Crippen LogP contribution in [0.15, 0.2) is 18.2 Å². The average Bonchev–Trinajstić information content (AvgIpc) is 2.42. The monoisotopic (exact) mass is 288 g/mol. The number of benzene rings is 1. The van der Waals surface area contributed by atoms with Gasteiger partial charge in [0.2, 0.25) is 0 Å². The van der Waals surface area contributed by atoms with Gasteiger partial charge in [-0.1, -0.05) is 13.8 Å². The molecule has 1 rings (SSSR count). The number of hydrogen-bond donors (Lipinski definition) is 1. The van der Waals surface area contributed by atoms with Crippen LogP contribution in [0.2, 0.25) is 0 Å². The molecule has 21 heavy (non-hydrogen) atoms. The fraction of sp³-hybridized carbons (Fsp3) is 0.500. The van der Waals surface area contributed by atoms with E-state index in [4.69, 9.17) is 11.0 Å². The molecule has 0 saturated carbocycles. The Bertz CT molecular complexity index is 532. The molecule has 5 heteroatoms. The van der Waals surface area contributed by atoms with Gasteiger partial charge in [0.05, 0.1) is 23.9 Å². The lowest BCUT2D eigenvalue weighted by Crippen LogP contribution is -2.30. The highest BCUT2D eigenvalue weighted by atomic mass is 16.2. The van der Waals surface area contributed by atoms with Crippen molar-refractivity contribution in [3.8, 4) is 6.07 Å². The third kappa shape index (κ3) is 4.67. The Hall–Kier alpha value is -2.22. The summed E-state index contributed by atoms with van der Waals surface area (Å²) in [6.45, 7) is 5.64. The molecule has 2 N–H and O–H groups in total. The van der Waals surface area contributed by atoms with Gasteiger partial charge in [-0.15, -0.1) is 0 Å². The van der Waals surface area contributed by atoms with Crippen LogP contribution in [0.5, 0.6) is 0 Å². The van der Waals surface area contributed by atoms with E-state index in [2.05, 4.69) is 24.8 Å². The van der Waals surface area contributed by atoms with Crippen LogP contribution in [0.1, 0.15) is 30.6 Å². The standard InChI is InChI=1S/C16H24N4O/c1-12(2)11-20(9-5-8-17)15-10-13(6-7-14(15)18)16(21)19(3)4/h6-7,10,12H,5,9,11,18H2,1-4H3. The Morgan fingerprint density at radius 3 is 2.57 bits per heavy atom. The largest absolute Gasteiger partial charge is 0.397 e. The summed E-state index contributed by atoms with van der Waals surface area (Å²) in [5.74, 6) is 0.386. The van der Waals surface area contributed by atoms with E-state index in [0.29, 0.717) is 30.1 Å². The van der Waals surface area contributed by atoms with Crippen molar-refractivity contribution in [1.29, 1.82) is 5.26 Å². The van der Waals surface area contributed by atoms with Gasteiger partial charge in [-0.3, -0.25) is 4.79 Å². The Morgan fingerprint density at radius 2 is 2.05 bits per heavy atom. The number of anilines is 2. The molecule has 0 atom stereocenters. The van der Waals surface area contributed by atoms with Gasteiger partial charge in [0.1, 0.15) is 0 Å². The van der Waals surface area contributed by atoms with Crippen molar-refractivity contribution in [2.24, 2.45) is 5.92 Å². The smallest absolute Gasteiger partial charge is 0.253 e. The summed E-state index contributed by atoms with van der Waals surface area (Å²) in [4.78, 5) is 15.7. The van der Waals surface area contributed by atoms with Gasteiger partial charge in [-0.25, -0.2) is 0 Å². The van der Waals surface area contributed by atoms with Crippen LogP contribution < -0.4 is 10.6 Å². The molecule has 0 unspecified atom stereocenters. The van der Waals surface area contributed by atoms with Gasteiger partial charge >= 0.3 is 0 Å². The molecule has 0 aliphatic rings. The van der Waals surface area contributed by atoms with E-state index < -0.39 is 0 Å². The predicted molar refractivity (Wildman–Crippen MR) is 86.2 cm³/mol. The number of nitrogens with two attached hydrogens (primary N) is 1. The van der Waals surface area contributed by atoms with Crippen LogP contribution >= 0.6 is 0 Å². The molecule has 0 bridgehead atoms. The topological polar surface area (TPSA) is 73.4 Å². The molecule has 0 saturated heterocycles. The normalized spacial score (nSPS) is 10.3. The Balaban J connectivity index is 3.14. The van der Waals surface area contributed by atoms with E-state index in [0.717, 1.165) is 12.2 Å². The third-order valence-electron chi connectivity index (χ3n) is 3.10. The molecule has 0 aliphatic heterocycles. The Labute approximate surface area is 126 Å². The summed E-state index contributed by atoms with van der Waals surface area (Å²) in [7, 11) is 3.44. The number of nitrogen functional groups attached to an aromatic ring is 1. The van der Waals surface area contributed by atoms with Crippen LogP contribution in [0.4, 0.5) is 11.4 Å². The number of nitrogens with zero attached hydrogens (tertiary/aromatic N) is 3. The second kappa shape index (κ2) is 7.53. The second-order valence-corrected chi connectivity index (χ2v) is 5.72. The van der Waals surface area contributed by atoms with Crippen LogP contribution in [-0.4, -0.2) is 38.0 Å². The van der Waals surface area contributed by atoms with Crippen molar-refractivity contribution in [1.82, 2.24) is 4.90 Å². The van der Waals surface area contributed by atoms with E-state index in [1.807, 2.05) is 6.07 Å². The lowest BCUT2D eigenvalue weighted by Gasteiger charge is -2.27. The van der Waals surface area contributed by atoms with E-state index in [1.165, 1.54) is 4.90 Å². The second-order valence-electron chi connectivity index (χ2n) is 5.72. The molecule has 0 aromatic heterocycles. The molecule has 0 radical (unpaired) electrons. The van der Waals surface area contributed by atoms with Gasteiger partial charge in [-0.05, 0) is 24.1 Å². The summed E-state index contributed by atoms with van der Waals surface area (Å²) >= 11 is 0. The fourth-order valence-electron chi connectivity index (χ4n) is 2.14. The van der Waals surface area contributed by atoms with Crippen LogP contribution in [-0.2, 0) is 0 Å². The molecular formula is C16H24N4O. The molecule has 0 heterocycles. The molecule has 0 spiro atoms.